The lowest BCUT2D eigenvalue weighted by molar-refractivity contribution is -0.122. The van der Waals surface area contributed by atoms with Crippen LogP contribution in [0.5, 0.6) is 5.75 Å². The molecule has 3 heteroatoms. The Morgan fingerprint density at radius 3 is 2.38 bits per heavy atom. The fourth-order valence-electron chi connectivity index (χ4n) is 3.26. The molecule has 0 spiro atoms. The molecule has 1 amide bonds. The third kappa shape index (κ3) is 3.88. The van der Waals surface area contributed by atoms with Crippen LogP contribution in [0, 0.1) is 12.8 Å². The summed E-state index contributed by atoms with van der Waals surface area (Å²) in [6, 6.07) is 19.2. The first-order valence-corrected chi connectivity index (χ1v) is 9.02. The molecule has 0 aliphatic carbocycles. The molecule has 0 unspecified atom stereocenters. The van der Waals surface area contributed by atoms with Gasteiger partial charge in [-0.2, -0.15) is 0 Å². The Balaban J connectivity index is 2.13. The molecule has 1 atom stereocenters. The lowest BCUT2D eigenvalue weighted by Gasteiger charge is -2.23. The van der Waals surface area contributed by atoms with E-state index in [1.54, 1.807) is 6.07 Å². The minimum Gasteiger partial charge on any atom is -0.508 e. The van der Waals surface area contributed by atoms with Gasteiger partial charge in [-0.3, -0.25) is 4.79 Å². The zero-order valence-corrected chi connectivity index (χ0v) is 15.5. The summed E-state index contributed by atoms with van der Waals surface area (Å²) in [5, 5.41) is 15.8. The topological polar surface area (TPSA) is 49.3 Å². The van der Waals surface area contributed by atoms with E-state index in [1.807, 2.05) is 75.4 Å². The van der Waals surface area contributed by atoms with Crippen molar-refractivity contribution in [1.29, 1.82) is 0 Å². The van der Waals surface area contributed by atoms with Crippen molar-refractivity contribution in [2.45, 2.75) is 33.2 Å². The van der Waals surface area contributed by atoms with E-state index in [9.17, 15) is 9.90 Å². The number of fused-ring (bicyclic) bond motifs is 1. The number of hydrogen-bond donors (Lipinski definition) is 2. The number of phenolic OH excluding ortho intramolecular Hbond substituents is 1. The standard InChI is InChI=1S/C23H25NO2/c1-15(2)14-21(26)24-23(18-10-8-16(3)9-11-18)22-19-7-5-4-6-17(19)12-13-20(22)25/h4-13,15,23,25H,14H2,1-3H3,(H,24,26)/t23-/m0/s1. The van der Waals surface area contributed by atoms with Gasteiger partial charge in [-0.25, -0.2) is 0 Å². The zero-order valence-electron chi connectivity index (χ0n) is 15.5. The zero-order chi connectivity index (χ0) is 18.7. The highest BCUT2D eigenvalue weighted by Gasteiger charge is 2.22. The summed E-state index contributed by atoms with van der Waals surface area (Å²) >= 11 is 0. The normalized spacial score (nSPS) is 12.3. The van der Waals surface area contributed by atoms with Crippen molar-refractivity contribution in [1.82, 2.24) is 5.32 Å². The van der Waals surface area contributed by atoms with Gasteiger partial charge in [0, 0.05) is 12.0 Å². The third-order valence-electron chi connectivity index (χ3n) is 4.55. The Labute approximate surface area is 154 Å². The number of aryl methyl sites for hydroxylation is 1. The van der Waals surface area contributed by atoms with Crippen LogP contribution in [0.4, 0.5) is 0 Å². The molecule has 3 rings (SSSR count). The summed E-state index contributed by atoms with van der Waals surface area (Å²) in [7, 11) is 0. The second-order valence-corrected chi connectivity index (χ2v) is 7.23. The summed E-state index contributed by atoms with van der Waals surface area (Å²) in [5.74, 6) is 0.451. The number of nitrogens with one attached hydrogen (secondary N) is 1. The van der Waals surface area contributed by atoms with E-state index < -0.39 is 6.04 Å². The Hall–Kier alpha value is -2.81. The van der Waals surface area contributed by atoms with Gasteiger partial charge in [0.25, 0.3) is 0 Å². The van der Waals surface area contributed by atoms with Gasteiger partial charge in [0.1, 0.15) is 5.75 Å². The summed E-state index contributed by atoms with van der Waals surface area (Å²) in [6.45, 7) is 6.08. The number of hydrogen-bond acceptors (Lipinski definition) is 2. The smallest absolute Gasteiger partial charge is 0.221 e. The highest BCUT2D eigenvalue weighted by Crippen LogP contribution is 2.36. The predicted molar refractivity (Wildman–Crippen MR) is 106 cm³/mol. The average Bonchev–Trinajstić information content (AvgIpc) is 2.60. The van der Waals surface area contributed by atoms with E-state index in [0.29, 0.717) is 6.42 Å². The summed E-state index contributed by atoms with van der Waals surface area (Å²) in [6.07, 6.45) is 0.452. The van der Waals surface area contributed by atoms with E-state index in [-0.39, 0.29) is 17.6 Å². The van der Waals surface area contributed by atoms with E-state index in [0.717, 1.165) is 27.5 Å². The number of rotatable bonds is 5. The van der Waals surface area contributed by atoms with Crippen LogP contribution in [0.3, 0.4) is 0 Å². The van der Waals surface area contributed by atoms with Crippen molar-refractivity contribution < 1.29 is 9.90 Å². The van der Waals surface area contributed by atoms with Crippen LogP contribution in [-0.2, 0) is 4.79 Å². The van der Waals surface area contributed by atoms with Gasteiger partial charge in [-0.05, 0) is 35.2 Å². The largest absolute Gasteiger partial charge is 0.508 e. The Morgan fingerprint density at radius 1 is 1.00 bits per heavy atom. The van der Waals surface area contributed by atoms with E-state index >= 15 is 0 Å². The third-order valence-corrected chi connectivity index (χ3v) is 4.55. The van der Waals surface area contributed by atoms with Crippen LogP contribution in [-0.4, -0.2) is 11.0 Å². The van der Waals surface area contributed by atoms with Gasteiger partial charge in [0.05, 0.1) is 6.04 Å². The average molecular weight is 347 g/mol. The lowest BCUT2D eigenvalue weighted by Crippen LogP contribution is -2.30. The SMILES string of the molecule is Cc1ccc([C@H](NC(=O)CC(C)C)c2c(O)ccc3ccccc23)cc1. The molecule has 26 heavy (non-hydrogen) atoms. The highest BCUT2D eigenvalue weighted by molar-refractivity contribution is 5.89. The van der Waals surface area contributed by atoms with Crippen LogP contribution in [0.1, 0.15) is 43.0 Å². The molecule has 134 valence electrons. The first-order valence-electron chi connectivity index (χ1n) is 9.02. The molecule has 0 aromatic heterocycles. The van der Waals surface area contributed by atoms with E-state index in [1.165, 1.54) is 0 Å². The molecule has 0 radical (unpaired) electrons. The van der Waals surface area contributed by atoms with Crippen molar-refractivity contribution in [3.05, 3.63) is 77.4 Å². The molecule has 0 bridgehead atoms. The van der Waals surface area contributed by atoms with Crippen LogP contribution in [0.15, 0.2) is 60.7 Å². The number of carbonyl (C=O) groups is 1. The molecular weight excluding hydrogens is 322 g/mol. The molecule has 3 nitrogen and oxygen atoms in total. The van der Waals surface area contributed by atoms with Crippen LogP contribution in [0.2, 0.25) is 0 Å². The molecule has 0 heterocycles. The van der Waals surface area contributed by atoms with Crippen LogP contribution >= 0.6 is 0 Å². The number of aromatic hydroxyl groups is 1. The maximum atomic E-state index is 12.5. The first-order chi connectivity index (χ1) is 12.5. The molecule has 0 aliphatic heterocycles. The molecular formula is C23H25NO2. The van der Waals surface area contributed by atoms with Gasteiger partial charge >= 0.3 is 0 Å². The highest BCUT2D eigenvalue weighted by atomic mass is 16.3. The van der Waals surface area contributed by atoms with Gasteiger partial charge in [0.15, 0.2) is 0 Å². The number of carbonyl (C=O) groups excluding carboxylic acids is 1. The quantitative estimate of drug-likeness (QED) is 0.674. The molecule has 0 saturated heterocycles. The van der Waals surface area contributed by atoms with E-state index in [2.05, 4.69) is 5.32 Å². The predicted octanol–water partition coefficient (Wildman–Crippen LogP) is 5.11. The van der Waals surface area contributed by atoms with Gasteiger partial charge in [-0.1, -0.05) is 74.0 Å². The maximum absolute atomic E-state index is 12.5. The minimum absolute atomic E-state index is 0.0158. The molecule has 0 fully saturated rings. The van der Waals surface area contributed by atoms with Crippen molar-refractivity contribution in [2.24, 2.45) is 5.92 Å². The molecule has 3 aromatic carbocycles. The minimum atomic E-state index is -0.395. The molecule has 0 saturated carbocycles. The number of benzene rings is 3. The fraction of sp³-hybridized carbons (Fsp3) is 0.261. The number of amides is 1. The molecule has 2 N–H and O–H groups in total. The van der Waals surface area contributed by atoms with Gasteiger partial charge < -0.3 is 10.4 Å². The Bertz CT molecular complexity index is 913. The summed E-state index contributed by atoms with van der Waals surface area (Å²) in [4.78, 5) is 12.5. The van der Waals surface area contributed by atoms with Gasteiger partial charge in [-0.15, -0.1) is 0 Å². The Kier molecular flexibility index (Phi) is 5.27. The van der Waals surface area contributed by atoms with E-state index in [4.69, 9.17) is 0 Å². The maximum Gasteiger partial charge on any atom is 0.221 e. The second kappa shape index (κ2) is 7.61. The fourth-order valence-corrected chi connectivity index (χ4v) is 3.26. The Morgan fingerprint density at radius 2 is 1.69 bits per heavy atom. The number of phenols is 1. The first kappa shape index (κ1) is 18.0. The monoisotopic (exact) mass is 347 g/mol. The van der Waals surface area contributed by atoms with Crippen molar-refractivity contribution in [3.8, 4) is 5.75 Å². The van der Waals surface area contributed by atoms with Crippen molar-refractivity contribution in [3.63, 3.8) is 0 Å². The molecule has 3 aromatic rings. The van der Waals surface area contributed by atoms with Gasteiger partial charge in [0.2, 0.25) is 5.91 Å². The second-order valence-electron chi connectivity index (χ2n) is 7.23. The lowest BCUT2D eigenvalue weighted by atomic mass is 9.92. The van der Waals surface area contributed by atoms with Crippen LogP contribution < -0.4 is 5.32 Å². The summed E-state index contributed by atoms with van der Waals surface area (Å²) < 4.78 is 0. The van der Waals surface area contributed by atoms with Crippen molar-refractivity contribution >= 4 is 16.7 Å². The molecule has 0 aliphatic rings. The van der Waals surface area contributed by atoms with Crippen molar-refractivity contribution in [2.75, 3.05) is 0 Å². The van der Waals surface area contributed by atoms with Crippen LogP contribution in [0.25, 0.3) is 10.8 Å². The summed E-state index contributed by atoms with van der Waals surface area (Å²) in [5.41, 5.74) is 2.85.